The van der Waals surface area contributed by atoms with Gasteiger partial charge in [-0.25, -0.2) is 9.67 Å². The zero-order chi connectivity index (χ0) is 15.7. The second-order valence-corrected chi connectivity index (χ2v) is 5.12. The zero-order valence-corrected chi connectivity index (χ0v) is 13.0. The Labute approximate surface area is 132 Å². The van der Waals surface area contributed by atoms with Gasteiger partial charge in [-0.15, -0.1) is 0 Å². The van der Waals surface area contributed by atoms with Crippen molar-refractivity contribution in [1.82, 2.24) is 14.8 Å². The van der Waals surface area contributed by atoms with Crippen LogP contribution in [0.4, 0.5) is 0 Å². The summed E-state index contributed by atoms with van der Waals surface area (Å²) in [5.41, 5.74) is 1.58. The van der Waals surface area contributed by atoms with Crippen LogP contribution in [-0.2, 0) is 6.54 Å². The first kappa shape index (κ1) is 14.5. The van der Waals surface area contributed by atoms with Gasteiger partial charge in [-0.3, -0.25) is 4.79 Å². The van der Waals surface area contributed by atoms with E-state index in [0.717, 1.165) is 0 Å². The van der Waals surface area contributed by atoms with Crippen molar-refractivity contribution in [2.75, 3.05) is 7.11 Å². The van der Waals surface area contributed by atoms with Crippen LogP contribution in [0.3, 0.4) is 0 Å². The van der Waals surface area contributed by atoms with Gasteiger partial charge in [0.15, 0.2) is 11.4 Å². The van der Waals surface area contributed by atoms with E-state index in [0.29, 0.717) is 39.5 Å². The van der Waals surface area contributed by atoms with Crippen LogP contribution in [0.25, 0.3) is 11.0 Å². The number of aromatic nitrogens is 3. The Bertz CT molecular complexity index is 840. The highest BCUT2D eigenvalue weighted by atomic mass is 35.5. The Balaban J connectivity index is 2.05. The van der Waals surface area contributed by atoms with E-state index >= 15 is 0 Å². The highest BCUT2D eigenvalue weighted by Gasteiger charge is 2.18. The van der Waals surface area contributed by atoms with Gasteiger partial charge in [0, 0.05) is 18.3 Å². The molecule has 0 radical (unpaired) electrons. The van der Waals surface area contributed by atoms with Crippen LogP contribution in [0.1, 0.15) is 22.8 Å². The predicted molar refractivity (Wildman–Crippen MR) is 84.6 cm³/mol. The number of nitrogens with zero attached hydrogens (tertiary/aromatic N) is 3. The van der Waals surface area contributed by atoms with Crippen LogP contribution in [0, 0.1) is 0 Å². The molecule has 0 aliphatic heterocycles. The van der Waals surface area contributed by atoms with Gasteiger partial charge >= 0.3 is 0 Å². The van der Waals surface area contributed by atoms with Crippen LogP contribution >= 0.6 is 11.6 Å². The molecule has 0 atom stereocenters. The Morgan fingerprint density at radius 1 is 1.27 bits per heavy atom. The predicted octanol–water partition coefficient (Wildman–Crippen LogP) is 3.34. The van der Waals surface area contributed by atoms with Crippen LogP contribution in [-0.4, -0.2) is 27.7 Å². The molecule has 3 rings (SSSR count). The maximum atomic E-state index is 12.6. The summed E-state index contributed by atoms with van der Waals surface area (Å²) in [6, 6.07) is 6.89. The number of aryl methyl sites for hydroxylation is 1. The van der Waals surface area contributed by atoms with Crippen LogP contribution < -0.4 is 4.74 Å². The summed E-state index contributed by atoms with van der Waals surface area (Å²) in [7, 11) is 1.58. The highest BCUT2D eigenvalue weighted by Crippen LogP contribution is 2.27. The number of ether oxygens (including phenoxy) is 1. The Kier molecular flexibility index (Phi) is 3.81. The molecule has 1 aromatic carbocycles. The number of methoxy groups -OCH3 is 1. The fraction of sp³-hybridized carbons (Fsp3) is 0.188. The molecule has 0 spiro atoms. The largest absolute Gasteiger partial charge is 0.497 e. The molecule has 0 aliphatic rings. The van der Waals surface area contributed by atoms with Gasteiger partial charge in [-0.2, -0.15) is 5.10 Å². The maximum Gasteiger partial charge on any atom is 0.196 e. The molecule has 0 amide bonds. The summed E-state index contributed by atoms with van der Waals surface area (Å²) in [4.78, 5) is 16.9. The van der Waals surface area contributed by atoms with Gasteiger partial charge in [0.25, 0.3) is 0 Å². The molecule has 22 heavy (non-hydrogen) atoms. The fourth-order valence-electron chi connectivity index (χ4n) is 2.28. The van der Waals surface area contributed by atoms with Crippen molar-refractivity contribution < 1.29 is 9.53 Å². The molecular formula is C16H14ClN3O2. The fourth-order valence-corrected chi connectivity index (χ4v) is 2.55. The third-order valence-electron chi connectivity index (χ3n) is 3.50. The van der Waals surface area contributed by atoms with Crippen molar-refractivity contribution in [2.45, 2.75) is 13.5 Å². The lowest BCUT2D eigenvalue weighted by Crippen LogP contribution is -2.04. The van der Waals surface area contributed by atoms with Crippen LogP contribution in [0.5, 0.6) is 5.75 Å². The highest BCUT2D eigenvalue weighted by molar-refractivity contribution is 6.39. The van der Waals surface area contributed by atoms with Gasteiger partial charge < -0.3 is 4.74 Å². The van der Waals surface area contributed by atoms with E-state index < -0.39 is 0 Å². The molecule has 2 aromatic heterocycles. The van der Waals surface area contributed by atoms with E-state index in [1.54, 1.807) is 42.3 Å². The summed E-state index contributed by atoms with van der Waals surface area (Å²) in [5.74, 6) is 0.520. The Morgan fingerprint density at radius 2 is 2.00 bits per heavy atom. The lowest BCUT2D eigenvalue weighted by atomic mass is 10.0. The number of halogens is 1. The summed E-state index contributed by atoms with van der Waals surface area (Å²) in [6.07, 6.45) is 3.14. The molecule has 0 aliphatic carbocycles. The van der Waals surface area contributed by atoms with E-state index in [9.17, 15) is 4.79 Å². The van der Waals surface area contributed by atoms with Crippen molar-refractivity contribution in [2.24, 2.45) is 0 Å². The van der Waals surface area contributed by atoms with Crippen LogP contribution in [0.15, 0.2) is 36.7 Å². The molecule has 112 valence electrons. The van der Waals surface area contributed by atoms with E-state index in [-0.39, 0.29) is 5.78 Å². The second kappa shape index (κ2) is 5.77. The molecule has 0 bridgehead atoms. The summed E-state index contributed by atoms with van der Waals surface area (Å²) >= 11 is 6.38. The SMILES string of the molecule is CCn1ncc2c(Cl)c(C(=O)c3ccc(OC)cc3)cnc21. The lowest BCUT2D eigenvalue weighted by molar-refractivity contribution is 0.103. The van der Waals surface area contributed by atoms with E-state index in [4.69, 9.17) is 16.3 Å². The third-order valence-corrected chi connectivity index (χ3v) is 3.90. The minimum absolute atomic E-state index is 0.175. The number of carbonyl (C=O) groups is 1. The minimum Gasteiger partial charge on any atom is -0.497 e. The lowest BCUT2D eigenvalue weighted by Gasteiger charge is -2.06. The minimum atomic E-state index is -0.175. The van der Waals surface area contributed by atoms with Gasteiger partial charge in [0.1, 0.15) is 5.75 Å². The number of hydrogen-bond donors (Lipinski definition) is 0. The number of hydrogen-bond acceptors (Lipinski definition) is 4. The third kappa shape index (κ3) is 2.33. The number of pyridine rings is 1. The first-order valence-corrected chi connectivity index (χ1v) is 7.22. The summed E-state index contributed by atoms with van der Waals surface area (Å²) < 4.78 is 6.83. The summed E-state index contributed by atoms with van der Waals surface area (Å²) in [5, 5.41) is 5.28. The van der Waals surface area contributed by atoms with Gasteiger partial charge in [0.2, 0.25) is 0 Å². The van der Waals surface area contributed by atoms with E-state index in [2.05, 4.69) is 10.1 Å². The smallest absolute Gasteiger partial charge is 0.196 e. The van der Waals surface area contributed by atoms with Gasteiger partial charge in [-0.05, 0) is 31.2 Å². The van der Waals surface area contributed by atoms with Crippen molar-refractivity contribution in [3.63, 3.8) is 0 Å². The first-order chi connectivity index (χ1) is 10.7. The molecule has 3 aromatic rings. The zero-order valence-electron chi connectivity index (χ0n) is 12.2. The van der Waals surface area contributed by atoms with Crippen molar-refractivity contribution in [3.8, 4) is 5.75 Å². The quantitative estimate of drug-likeness (QED) is 0.693. The van der Waals surface area contributed by atoms with E-state index in [1.807, 2.05) is 6.92 Å². The summed E-state index contributed by atoms with van der Waals surface area (Å²) in [6.45, 7) is 2.66. The number of rotatable bonds is 4. The molecule has 0 saturated carbocycles. The number of carbonyl (C=O) groups excluding carboxylic acids is 1. The number of ketones is 1. The molecule has 0 fully saturated rings. The van der Waals surface area contributed by atoms with Crippen LogP contribution in [0.2, 0.25) is 5.02 Å². The standard InChI is InChI=1S/C16H14ClN3O2/c1-3-20-16-13(9-19-20)14(17)12(8-18-16)15(21)10-4-6-11(22-2)7-5-10/h4-9H,3H2,1-2H3. The van der Waals surface area contributed by atoms with Crippen molar-refractivity contribution in [3.05, 3.63) is 52.8 Å². The van der Waals surface area contributed by atoms with Crippen molar-refractivity contribution in [1.29, 1.82) is 0 Å². The molecule has 5 nitrogen and oxygen atoms in total. The first-order valence-electron chi connectivity index (χ1n) is 6.84. The maximum absolute atomic E-state index is 12.6. The number of fused-ring (bicyclic) bond motifs is 1. The van der Waals surface area contributed by atoms with Crippen molar-refractivity contribution >= 4 is 28.4 Å². The topological polar surface area (TPSA) is 57.0 Å². The molecule has 0 saturated heterocycles. The second-order valence-electron chi connectivity index (χ2n) is 4.74. The Hall–Kier alpha value is -2.40. The Morgan fingerprint density at radius 3 is 2.64 bits per heavy atom. The molecular weight excluding hydrogens is 302 g/mol. The average Bonchev–Trinajstić information content (AvgIpc) is 2.99. The molecule has 0 unspecified atom stereocenters. The molecule has 2 heterocycles. The normalized spacial score (nSPS) is 10.9. The average molecular weight is 316 g/mol. The van der Waals surface area contributed by atoms with Gasteiger partial charge in [-0.1, -0.05) is 11.6 Å². The molecule has 0 N–H and O–H groups in total. The number of benzene rings is 1. The monoisotopic (exact) mass is 315 g/mol. The molecule has 6 heteroatoms. The van der Waals surface area contributed by atoms with E-state index in [1.165, 1.54) is 6.20 Å². The van der Waals surface area contributed by atoms with Gasteiger partial charge in [0.05, 0.1) is 29.3 Å².